The number of hydrogen-bond acceptors (Lipinski definition) is 3. The van der Waals surface area contributed by atoms with E-state index in [0.29, 0.717) is 0 Å². The molecule has 1 aromatic carbocycles. The molecule has 1 fully saturated rings. The SMILES string of the molecule is CC1NCCCC1NC(=O)COc1cccc(C(F)(F)F)c1. The van der Waals surface area contributed by atoms with Gasteiger partial charge >= 0.3 is 6.18 Å². The Morgan fingerprint density at radius 3 is 2.91 bits per heavy atom. The third kappa shape index (κ3) is 4.62. The summed E-state index contributed by atoms with van der Waals surface area (Å²) in [6.07, 6.45) is -2.57. The Morgan fingerprint density at radius 2 is 2.23 bits per heavy atom. The summed E-state index contributed by atoms with van der Waals surface area (Å²) in [7, 11) is 0. The molecule has 0 radical (unpaired) electrons. The molecule has 1 heterocycles. The summed E-state index contributed by atoms with van der Waals surface area (Å²) in [5.74, 6) is -0.308. The summed E-state index contributed by atoms with van der Waals surface area (Å²) in [5.41, 5.74) is -0.796. The molecule has 22 heavy (non-hydrogen) atoms. The Labute approximate surface area is 127 Å². The Bertz CT molecular complexity index is 520. The summed E-state index contributed by atoms with van der Waals surface area (Å²) in [6, 6.07) is 4.69. The number of carbonyl (C=O) groups is 1. The van der Waals surface area contributed by atoms with E-state index in [9.17, 15) is 18.0 Å². The third-order valence-corrected chi connectivity index (χ3v) is 3.64. The molecule has 2 unspecified atom stereocenters. The van der Waals surface area contributed by atoms with E-state index >= 15 is 0 Å². The zero-order valence-corrected chi connectivity index (χ0v) is 12.2. The molecule has 0 bridgehead atoms. The highest BCUT2D eigenvalue weighted by atomic mass is 19.4. The fourth-order valence-corrected chi connectivity index (χ4v) is 2.40. The van der Waals surface area contributed by atoms with Gasteiger partial charge in [0.2, 0.25) is 0 Å². The van der Waals surface area contributed by atoms with E-state index in [1.54, 1.807) is 0 Å². The van der Waals surface area contributed by atoms with Gasteiger partial charge in [0.05, 0.1) is 5.56 Å². The molecule has 1 amide bonds. The lowest BCUT2D eigenvalue weighted by Gasteiger charge is -2.30. The van der Waals surface area contributed by atoms with Crippen molar-refractivity contribution in [2.45, 2.75) is 38.0 Å². The molecule has 0 saturated carbocycles. The highest BCUT2D eigenvalue weighted by Gasteiger charge is 2.30. The first kappa shape index (κ1) is 16.6. The molecule has 2 rings (SSSR count). The topological polar surface area (TPSA) is 50.4 Å². The van der Waals surface area contributed by atoms with Crippen LogP contribution >= 0.6 is 0 Å². The lowest BCUT2D eigenvalue weighted by atomic mass is 10.00. The van der Waals surface area contributed by atoms with Crippen molar-refractivity contribution in [2.75, 3.05) is 13.2 Å². The number of nitrogens with one attached hydrogen (secondary N) is 2. The first-order chi connectivity index (χ1) is 10.4. The molecule has 0 spiro atoms. The standard InChI is InChI=1S/C15H19F3N2O2/c1-10-13(6-3-7-19-10)20-14(21)9-22-12-5-2-4-11(8-12)15(16,17)18/h2,4-5,8,10,13,19H,3,6-7,9H2,1H3,(H,20,21). The largest absolute Gasteiger partial charge is 0.484 e. The fraction of sp³-hybridized carbons (Fsp3) is 0.533. The molecule has 0 aliphatic carbocycles. The molecule has 1 aliphatic heterocycles. The predicted octanol–water partition coefficient (Wildman–Crippen LogP) is 2.34. The van der Waals surface area contributed by atoms with Crippen LogP contribution in [0.3, 0.4) is 0 Å². The third-order valence-electron chi connectivity index (χ3n) is 3.64. The van der Waals surface area contributed by atoms with Crippen LogP contribution in [-0.4, -0.2) is 31.1 Å². The summed E-state index contributed by atoms with van der Waals surface area (Å²) in [6.45, 7) is 2.61. The van der Waals surface area contributed by atoms with Gasteiger partial charge in [-0.3, -0.25) is 4.79 Å². The zero-order chi connectivity index (χ0) is 16.2. The van der Waals surface area contributed by atoms with Crippen LogP contribution in [-0.2, 0) is 11.0 Å². The molecular weight excluding hydrogens is 297 g/mol. The second-order valence-electron chi connectivity index (χ2n) is 5.37. The normalized spacial score (nSPS) is 22.2. The number of amides is 1. The van der Waals surface area contributed by atoms with Gasteiger partial charge in [0.1, 0.15) is 5.75 Å². The fourth-order valence-electron chi connectivity index (χ4n) is 2.40. The molecule has 4 nitrogen and oxygen atoms in total. The summed E-state index contributed by atoms with van der Waals surface area (Å²) < 4.78 is 42.9. The van der Waals surface area contributed by atoms with E-state index in [2.05, 4.69) is 10.6 Å². The first-order valence-electron chi connectivity index (χ1n) is 7.19. The molecule has 7 heteroatoms. The number of benzene rings is 1. The number of alkyl halides is 3. The summed E-state index contributed by atoms with van der Waals surface area (Å²) in [5, 5.41) is 6.09. The molecule has 1 aromatic rings. The van der Waals surface area contributed by atoms with Gasteiger partial charge in [-0.1, -0.05) is 6.07 Å². The Balaban J connectivity index is 1.86. The van der Waals surface area contributed by atoms with Crippen LogP contribution in [0, 0.1) is 0 Å². The van der Waals surface area contributed by atoms with Crippen LogP contribution in [0.5, 0.6) is 5.75 Å². The van der Waals surface area contributed by atoms with Crippen LogP contribution in [0.15, 0.2) is 24.3 Å². The van der Waals surface area contributed by atoms with Gasteiger partial charge in [0.25, 0.3) is 5.91 Å². The van der Waals surface area contributed by atoms with E-state index < -0.39 is 11.7 Å². The van der Waals surface area contributed by atoms with E-state index in [4.69, 9.17) is 4.74 Å². The lowest BCUT2D eigenvalue weighted by Crippen LogP contribution is -2.52. The monoisotopic (exact) mass is 316 g/mol. The Morgan fingerprint density at radius 1 is 1.45 bits per heavy atom. The maximum atomic E-state index is 12.6. The minimum absolute atomic E-state index is 0.0198. The van der Waals surface area contributed by atoms with Crippen molar-refractivity contribution < 1.29 is 22.7 Å². The number of ether oxygens (including phenoxy) is 1. The molecule has 1 saturated heterocycles. The Kier molecular flexibility index (Phi) is 5.28. The summed E-state index contributed by atoms with van der Waals surface area (Å²) >= 11 is 0. The van der Waals surface area contributed by atoms with Gasteiger partial charge < -0.3 is 15.4 Å². The van der Waals surface area contributed by atoms with Gasteiger partial charge in [0.15, 0.2) is 6.61 Å². The average molecular weight is 316 g/mol. The first-order valence-corrected chi connectivity index (χ1v) is 7.19. The number of halogens is 3. The molecule has 122 valence electrons. The van der Waals surface area contributed by atoms with Gasteiger partial charge in [-0.2, -0.15) is 13.2 Å². The summed E-state index contributed by atoms with van der Waals surface area (Å²) in [4.78, 5) is 11.8. The van der Waals surface area contributed by atoms with Crippen LogP contribution in [0.4, 0.5) is 13.2 Å². The van der Waals surface area contributed by atoms with Crippen molar-refractivity contribution in [3.8, 4) is 5.75 Å². The van der Waals surface area contributed by atoms with Gasteiger partial charge in [-0.25, -0.2) is 0 Å². The van der Waals surface area contributed by atoms with Crippen molar-refractivity contribution in [2.24, 2.45) is 0 Å². The van der Waals surface area contributed by atoms with Gasteiger partial charge in [-0.05, 0) is 44.5 Å². The number of rotatable bonds is 4. The van der Waals surface area contributed by atoms with Crippen molar-refractivity contribution in [1.29, 1.82) is 0 Å². The maximum Gasteiger partial charge on any atom is 0.416 e. The molecule has 2 atom stereocenters. The van der Waals surface area contributed by atoms with E-state index in [1.165, 1.54) is 12.1 Å². The minimum atomic E-state index is -4.43. The van der Waals surface area contributed by atoms with Crippen LogP contribution in [0.1, 0.15) is 25.3 Å². The van der Waals surface area contributed by atoms with Crippen LogP contribution in [0.2, 0.25) is 0 Å². The van der Waals surface area contributed by atoms with Gasteiger partial charge in [-0.15, -0.1) is 0 Å². The van der Waals surface area contributed by atoms with Crippen molar-refractivity contribution >= 4 is 5.91 Å². The van der Waals surface area contributed by atoms with E-state index in [-0.39, 0.29) is 30.3 Å². The number of piperidine rings is 1. The van der Waals surface area contributed by atoms with Crippen molar-refractivity contribution in [3.63, 3.8) is 0 Å². The van der Waals surface area contributed by atoms with Crippen molar-refractivity contribution in [3.05, 3.63) is 29.8 Å². The van der Waals surface area contributed by atoms with Crippen LogP contribution in [0.25, 0.3) is 0 Å². The second-order valence-corrected chi connectivity index (χ2v) is 5.37. The number of hydrogen-bond donors (Lipinski definition) is 2. The molecule has 0 aromatic heterocycles. The maximum absolute atomic E-state index is 12.6. The minimum Gasteiger partial charge on any atom is -0.484 e. The smallest absolute Gasteiger partial charge is 0.416 e. The van der Waals surface area contributed by atoms with E-state index in [0.717, 1.165) is 31.5 Å². The number of carbonyl (C=O) groups excluding carboxylic acids is 1. The lowest BCUT2D eigenvalue weighted by molar-refractivity contribution is -0.137. The van der Waals surface area contributed by atoms with E-state index in [1.807, 2.05) is 6.92 Å². The zero-order valence-electron chi connectivity index (χ0n) is 12.2. The predicted molar refractivity (Wildman–Crippen MR) is 75.6 cm³/mol. The Hall–Kier alpha value is -1.76. The second kappa shape index (κ2) is 7.00. The average Bonchev–Trinajstić information content (AvgIpc) is 2.47. The van der Waals surface area contributed by atoms with Crippen molar-refractivity contribution in [1.82, 2.24) is 10.6 Å². The molecule has 2 N–H and O–H groups in total. The molecular formula is C15H19F3N2O2. The van der Waals surface area contributed by atoms with Crippen LogP contribution < -0.4 is 15.4 Å². The quantitative estimate of drug-likeness (QED) is 0.896. The highest BCUT2D eigenvalue weighted by Crippen LogP contribution is 2.31. The highest BCUT2D eigenvalue weighted by molar-refractivity contribution is 5.77. The molecule has 1 aliphatic rings. The van der Waals surface area contributed by atoms with Gasteiger partial charge in [0, 0.05) is 12.1 Å².